The van der Waals surface area contributed by atoms with E-state index < -0.39 is 11.9 Å². The van der Waals surface area contributed by atoms with E-state index in [1.165, 1.54) is 13.0 Å². The van der Waals surface area contributed by atoms with Gasteiger partial charge in [0.25, 0.3) is 0 Å². The predicted molar refractivity (Wildman–Crippen MR) is 67.4 cm³/mol. The third-order valence-corrected chi connectivity index (χ3v) is 3.74. The van der Waals surface area contributed by atoms with E-state index in [-0.39, 0.29) is 11.5 Å². The van der Waals surface area contributed by atoms with Gasteiger partial charge >= 0.3 is 11.9 Å². The highest BCUT2D eigenvalue weighted by Gasteiger charge is 2.44. The van der Waals surface area contributed by atoms with E-state index in [2.05, 4.69) is 4.74 Å². The largest absolute Gasteiger partial charge is 0.461 e. The minimum absolute atomic E-state index is 0.0782. The van der Waals surface area contributed by atoms with Crippen LogP contribution in [-0.4, -0.2) is 12.6 Å². The quantitative estimate of drug-likeness (QED) is 0.792. The topological polar surface area (TPSA) is 26.3 Å². The van der Waals surface area contributed by atoms with Gasteiger partial charge in [-0.1, -0.05) is 11.6 Å². The molecule has 0 atom stereocenters. The molecule has 0 saturated heterocycles. The minimum atomic E-state index is -3.62. The average molecular weight is 291 g/mol. The molecule has 0 aliphatic carbocycles. The first-order valence-corrected chi connectivity index (χ1v) is 6.39. The molecule has 0 fully saturated rings. The Morgan fingerprint density at radius 1 is 1.44 bits per heavy atom. The summed E-state index contributed by atoms with van der Waals surface area (Å²) in [7, 11) is 0. The maximum Gasteiger partial charge on any atom is 0.382 e. The first-order valence-electron chi connectivity index (χ1n) is 5.19. The molecule has 18 heavy (non-hydrogen) atoms. The Hall–Kier alpha value is -1.20. The monoisotopic (exact) mass is 290 g/mol. The summed E-state index contributed by atoms with van der Waals surface area (Å²) in [6, 6.07) is 6.11. The molecule has 0 radical (unpaired) electrons. The van der Waals surface area contributed by atoms with E-state index in [4.69, 9.17) is 11.6 Å². The molecule has 96 valence electrons. The van der Waals surface area contributed by atoms with Gasteiger partial charge < -0.3 is 4.74 Å². The number of benzene rings is 1. The predicted octanol–water partition coefficient (Wildman–Crippen LogP) is 4.21. The van der Waals surface area contributed by atoms with Crippen molar-refractivity contribution in [1.82, 2.24) is 0 Å². The van der Waals surface area contributed by atoms with Gasteiger partial charge in [0, 0.05) is 9.72 Å². The van der Waals surface area contributed by atoms with E-state index in [0.717, 1.165) is 11.3 Å². The van der Waals surface area contributed by atoms with Gasteiger partial charge in [0.1, 0.15) is 0 Å². The number of alkyl halides is 2. The highest BCUT2D eigenvalue weighted by Crippen LogP contribution is 2.38. The van der Waals surface area contributed by atoms with Crippen molar-refractivity contribution < 1.29 is 18.3 Å². The molecule has 0 aliphatic heterocycles. The van der Waals surface area contributed by atoms with Gasteiger partial charge in [0.15, 0.2) is 0 Å². The van der Waals surface area contributed by atoms with Gasteiger partial charge in [-0.3, -0.25) is 0 Å². The second-order valence-electron chi connectivity index (χ2n) is 3.59. The third-order valence-electron chi connectivity index (χ3n) is 2.32. The van der Waals surface area contributed by atoms with E-state index in [1.807, 2.05) is 0 Å². The molecule has 6 heteroatoms. The lowest BCUT2D eigenvalue weighted by molar-refractivity contribution is -0.172. The zero-order chi connectivity index (χ0) is 13.3. The maximum absolute atomic E-state index is 13.8. The van der Waals surface area contributed by atoms with Crippen LogP contribution in [0.2, 0.25) is 5.02 Å². The van der Waals surface area contributed by atoms with Crippen molar-refractivity contribution in [2.24, 2.45) is 0 Å². The van der Waals surface area contributed by atoms with Crippen LogP contribution in [0.5, 0.6) is 0 Å². The molecule has 1 aromatic carbocycles. The number of hydrogen-bond acceptors (Lipinski definition) is 3. The second-order valence-corrected chi connectivity index (χ2v) is 5.11. The highest BCUT2D eigenvalue weighted by atomic mass is 35.5. The van der Waals surface area contributed by atoms with Crippen LogP contribution in [-0.2, 0) is 15.5 Å². The molecule has 0 aliphatic rings. The summed E-state index contributed by atoms with van der Waals surface area (Å²) in [5, 5.41) is 1.05. The smallest absolute Gasteiger partial charge is 0.382 e. The van der Waals surface area contributed by atoms with Gasteiger partial charge in [0.2, 0.25) is 0 Å². The van der Waals surface area contributed by atoms with Gasteiger partial charge in [-0.2, -0.15) is 8.78 Å². The van der Waals surface area contributed by atoms with Crippen LogP contribution in [0.4, 0.5) is 8.78 Å². The molecule has 0 bridgehead atoms. The number of fused-ring (bicyclic) bond motifs is 1. The van der Waals surface area contributed by atoms with Crippen molar-refractivity contribution in [3.05, 3.63) is 34.2 Å². The zero-order valence-electron chi connectivity index (χ0n) is 9.38. The van der Waals surface area contributed by atoms with Crippen LogP contribution < -0.4 is 0 Å². The zero-order valence-corrected chi connectivity index (χ0v) is 10.9. The lowest BCUT2D eigenvalue weighted by atomic mass is 10.2. The van der Waals surface area contributed by atoms with E-state index in [9.17, 15) is 13.6 Å². The molecular formula is C12H9ClF2O2S. The molecule has 0 unspecified atom stereocenters. The van der Waals surface area contributed by atoms with E-state index >= 15 is 0 Å². The third kappa shape index (κ3) is 2.33. The fourth-order valence-corrected chi connectivity index (χ4v) is 2.68. The molecule has 1 heterocycles. The van der Waals surface area contributed by atoms with Gasteiger partial charge in [-0.15, -0.1) is 11.3 Å². The fraction of sp³-hybridized carbons (Fsp3) is 0.250. The van der Waals surface area contributed by atoms with Gasteiger partial charge in [0.05, 0.1) is 11.5 Å². The Bertz CT molecular complexity index is 595. The number of esters is 1. The van der Waals surface area contributed by atoms with Crippen LogP contribution in [0.3, 0.4) is 0 Å². The Morgan fingerprint density at radius 2 is 2.17 bits per heavy atom. The van der Waals surface area contributed by atoms with Crippen molar-refractivity contribution in [3.8, 4) is 0 Å². The Balaban J connectivity index is 2.44. The summed E-state index contributed by atoms with van der Waals surface area (Å²) in [4.78, 5) is 10.9. The van der Waals surface area contributed by atoms with Crippen molar-refractivity contribution in [2.75, 3.05) is 6.61 Å². The summed E-state index contributed by atoms with van der Waals surface area (Å²) in [6.07, 6.45) is 0. The Kier molecular flexibility index (Phi) is 3.54. The average Bonchev–Trinajstić information content (AvgIpc) is 2.72. The van der Waals surface area contributed by atoms with Crippen LogP contribution in [0, 0.1) is 0 Å². The molecule has 0 N–H and O–H groups in total. The number of hydrogen-bond donors (Lipinski definition) is 0. The number of carbonyl (C=O) groups is 1. The molecule has 0 spiro atoms. The van der Waals surface area contributed by atoms with Crippen molar-refractivity contribution in [1.29, 1.82) is 0 Å². The number of thiophene rings is 1. The summed E-state index contributed by atoms with van der Waals surface area (Å²) in [6.45, 7) is 1.41. The normalized spacial score (nSPS) is 11.8. The highest BCUT2D eigenvalue weighted by molar-refractivity contribution is 7.19. The first-order chi connectivity index (χ1) is 8.45. The molecule has 0 amide bonds. The summed E-state index contributed by atoms with van der Waals surface area (Å²) in [5.41, 5.74) is 0. The standard InChI is InChI=1S/C12H9ClF2O2S/c1-2-17-11(16)12(14,15)10-6-7-5-8(13)3-4-9(7)18-10/h3-6H,2H2,1H3. The van der Waals surface area contributed by atoms with Crippen LogP contribution in [0.15, 0.2) is 24.3 Å². The number of rotatable bonds is 3. The van der Waals surface area contributed by atoms with Crippen LogP contribution >= 0.6 is 22.9 Å². The molecule has 2 rings (SSSR count). The van der Waals surface area contributed by atoms with E-state index in [1.54, 1.807) is 18.2 Å². The Labute approximate surface area is 111 Å². The van der Waals surface area contributed by atoms with Crippen molar-refractivity contribution in [3.63, 3.8) is 0 Å². The van der Waals surface area contributed by atoms with Crippen LogP contribution in [0.1, 0.15) is 11.8 Å². The fourth-order valence-electron chi connectivity index (χ4n) is 1.49. The molecular weight excluding hydrogens is 282 g/mol. The molecule has 2 nitrogen and oxygen atoms in total. The first kappa shape index (κ1) is 13.2. The van der Waals surface area contributed by atoms with Crippen molar-refractivity contribution in [2.45, 2.75) is 12.8 Å². The lowest BCUT2D eigenvalue weighted by Crippen LogP contribution is -2.27. The molecule has 0 saturated carbocycles. The SMILES string of the molecule is CCOC(=O)C(F)(F)c1cc2cc(Cl)ccc2s1. The maximum atomic E-state index is 13.8. The molecule has 2 aromatic rings. The van der Waals surface area contributed by atoms with Gasteiger partial charge in [-0.25, -0.2) is 4.79 Å². The van der Waals surface area contributed by atoms with Gasteiger partial charge in [-0.05, 0) is 36.6 Å². The minimum Gasteiger partial charge on any atom is -0.461 e. The lowest BCUT2D eigenvalue weighted by Gasteiger charge is -2.12. The Morgan fingerprint density at radius 3 is 2.83 bits per heavy atom. The summed E-state index contributed by atoms with van der Waals surface area (Å²) >= 11 is 6.64. The van der Waals surface area contributed by atoms with E-state index in [0.29, 0.717) is 15.1 Å². The van der Waals surface area contributed by atoms with Crippen molar-refractivity contribution >= 4 is 39.0 Å². The number of carbonyl (C=O) groups excluding carboxylic acids is 1. The second kappa shape index (κ2) is 4.82. The summed E-state index contributed by atoms with van der Waals surface area (Å²) in [5.74, 6) is -5.14. The number of halogens is 3. The molecule has 1 aromatic heterocycles. The summed E-state index contributed by atoms with van der Waals surface area (Å²) < 4.78 is 32.6. The van der Waals surface area contributed by atoms with Crippen LogP contribution in [0.25, 0.3) is 10.1 Å². The number of ether oxygens (including phenoxy) is 1.